The van der Waals surface area contributed by atoms with Gasteiger partial charge in [0.25, 0.3) is 0 Å². The first-order valence-corrected chi connectivity index (χ1v) is 9.72. The first kappa shape index (κ1) is 15.7. The van der Waals surface area contributed by atoms with Crippen LogP contribution in [-0.2, 0) is 6.42 Å². The lowest BCUT2D eigenvalue weighted by Gasteiger charge is -2.18. The van der Waals surface area contributed by atoms with E-state index in [0.717, 1.165) is 6.42 Å². The molecule has 22 heavy (non-hydrogen) atoms. The summed E-state index contributed by atoms with van der Waals surface area (Å²) in [7, 11) is 0. The SMILES string of the molecule is CCCCCCCCSC1=CCc2cccc3cccc1c23. The first-order chi connectivity index (χ1) is 10.9. The van der Waals surface area contributed by atoms with E-state index in [1.807, 2.05) is 0 Å². The number of hydrogen-bond acceptors (Lipinski definition) is 1. The molecule has 0 heterocycles. The van der Waals surface area contributed by atoms with Gasteiger partial charge in [-0.25, -0.2) is 0 Å². The summed E-state index contributed by atoms with van der Waals surface area (Å²) in [4.78, 5) is 1.50. The summed E-state index contributed by atoms with van der Waals surface area (Å²) in [5, 5.41) is 2.87. The van der Waals surface area contributed by atoms with E-state index in [2.05, 4.69) is 61.2 Å². The van der Waals surface area contributed by atoms with Gasteiger partial charge >= 0.3 is 0 Å². The highest BCUT2D eigenvalue weighted by Gasteiger charge is 2.14. The number of benzene rings is 2. The van der Waals surface area contributed by atoms with Gasteiger partial charge in [0.2, 0.25) is 0 Å². The summed E-state index contributed by atoms with van der Waals surface area (Å²) in [6, 6.07) is 13.4. The molecule has 2 aromatic rings. The molecule has 0 saturated heterocycles. The van der Waals surface area contributed by atoms with Crippen LogP contribution >= 0.6 is 11.8 Å². The molecule has 0 spiro atoms. The zero-order chi connectivity index (χ0) is 15.2. The Balaban J connectivity index is 1.59. The fraction of sp³-hybridized carbons (Fsp3) is 0.429. The van der Waals surface area contributed by atoms with Crippen LogP contribution in [0.25, 0.3) is 15.7 Å². The van der Waals surface area contributed by atoms with Crippen molar-refractivity contribution < 1.29 is 0 Å². The van der Waals surface area contributed by atoms with Crippen molar-refractivity contribution in [1.29, 1.82) is 0 Å². The Morgan fingerprint density at radius 3 is 2.55 bits per heavy atom. The molecule has 0 aliphatic heterocycles. The summed E-state index contributed by atoms with van der Waals surface area (Å²) >= 11 is 2.06. The first-order valence-electron chi connectivity index (χ1n) is 8.74. The molecule has 1 aliphatic carbocycles. The third kappa shape index (κ3) is 3.57. The van der Waals surface area contributed by atoms with Gasteiger partial charge in [-0.2, -0.15) is 0 Å². The van der Waals surface area contributed by atoms with Gasteiger partial charge in [-0.3, -0.25) is 0 Å². The maximum Gasteiger partial charge on any atom is 0.0114 e. The van der Waals surface area contributed by atoms with Crippen LogP contribution in [0, 0.1) is 0 Å². The Hall–Kier alpha value is -1.21. The minimum Gasteiger partial charge on any atom is -0.126 e. The molecule has 2 aromatic carbocycles. The van der Waals surface area contributed by atoms with Crippen LogP contribution in [0.2, 0.25) is 0 Å². The van der Waals surface area contributed by atoms with Crippen molar-refractivity contribution in [3.63, 3.8) is 0 Å². The average molecular weight is 311 g/mol. The molecule has 1 aliphatic rings. The van der Waals surface area contributed by atoms with Gasteiger partial charge in [0.05, 0.1) is 0 Å². The van der Waals surface area contributed by atoms with Crippen LogP contribution in [0.5, 0.6) is 0 Å². The molecule has 0 fully saturated rings. The van der Waals surface area contributed by atoms with Gasteiger partial charge in [0.1, 0.15) is 0 Å². The average Bonchev–Trinajstić information content (AvgIpc) is 2.56. The summed E-state index contributed by atoms with van der Waals surface area (Å²) in [6.07, 6.45) is 11.8. The van der Waals surface area contributed by atoms with E-state index in [9.17, 15) is 0 Å². The molecule has 0 radical (unpaired) electrons. The minimum atomic E-state index is 1.09. The predicted molar refractivity (Wildman–Crippen MR) is 101 cm³/mol. The third-order valence-electron chi connectivity index (χ3n) is 4.52. The standard InChI is InChI=1S/C21H26S/c1-2-3-4-5-6-7-16-22-20-15-14-18-11-8-10-17-12-9-13-19(20)21(17)18/h8-13,15H,2-7,14,16H2,1H3. The quantitative estimate of drug-likeness (QED) is 0.481. The highest BCUT2D eigenvalue weighted by molar-refractivity contribution is 8.08. The van der Waals surface area contributed by atoms with Gasteiger partial charge in [-0.05, 0) is 40.5 Å². The lowest BCUT2D eigenvalue weighted by atomic mass is 9.93. The molecule has 1 heteroatoms. The van der Waals surface area contributed by atoms with E-state index in [-0.39, 0.29) is 0 Å². The number of allylic oxidation sites excluding steroid dienone is 1. The second-order valence-electron chi connectivity index (χ2n) is 6.21. The summed E-state index contributed by atoms with van der Waals surface area (Å²) in [6.45, 7) is 2.28. The van der Waals surface area contributed by atoms with E-state index in [1.165, 1.54) is 71.1 Å². The molecule has 0 atom stereocenters. The van der Waals surface area contributed by atoms with Crippen molar-refractivity contribution in [3.05, 3.63) is 53.6 Å². The van der Waals surface area contributed by atoms with Gasteiger partial charge < -0.3 is 0 Å². The molecule has 116 valence electrons. The number of thioether (sulfide) groups is 1. The van der Waals surface area contributed by atoms with E-state index >= 15 is 0 Å². The Labute approximate surface area is 139 Å². The molecule has 0 amide bonds. The Morgan fingerprint density at radius 1 is 0.909 bits per heavy atom. The summed E-state index contributed by atoms with van der Waals surface area (Å²) < 4.78 is 0. The topological polar surface area (TPSA) is 0 Å². The second-order valence-corrected chi connectivity index (χ2v) is 7.35. The van der Waals surface area contributed by atoms with Gasteiger partial charge in [0, 0.05) is 4.91 Å². The predicted octanol–water partition coefficient (Wildman–Crippen LogP) is 6.83. The van der Waals surface area contributed by atoms with Crippen LogP contribution < -0.4 is 0 Å². The van der Waals surface area contributed by atoms with Crippen LogP contribution in [0.1, 0.15) is 56.6 Å². The normalized spacial score (nSPS) is 13.4. The molecule has 0 bridgehead atoms. The van der Waals surface area contributed by atoms with Crippen LogP contribution in [0.3, 0.4) is 0 Å². The number of unbranched alkanes of at least 4 members (excludes halogenated alkanes) is 5. The largest absolute Gasteiger partial charge is 0.126 e. The number of rotatable bonds is 8. The Bertz CT molecular complexity index is 649. The van der Waals surface area contributed by atoms with Crippen molar-refractivity contribution >= 4 is 27.4 Å². The summed E-state index contributed by atoms with van der Waals surface area (Å²) in [5.74, 6) is 1.26. The molecule has 0 saturated carbocycles. The lowest BCUT2D eigenvalue weighted by molar-refractivity contribution is 0.627. The maximum atomic E-state index is 2.43. The van der Waals surface area contributed by atoms with Crippen molar-refractivity contribution in [2.75, 3.05) is 5.75 Å². The second kappa shape index (κ2) is 7.87. The van der Waals surface area contributed by atoms with E-state index in [0.29, 0.717) is 0 Å². The van der Waals surface area contributed by atoms with Crippen molar-refractivity contribution in [3.8, 4) is 0 Å². The molecule has 0 aromatic heterocycles. The molecule has 0 unspecified atom stereocenters. The zero-order valence-corrected chi connectivity index (χ0v) is 14.4. The fourth-order valence-corrected chi connectivity index (χ4v) is 4.40. The maximum absolute atomic E-state index is 2.43. The van der Waals surface area contributed by atoms with Crippen LogP contribution in [0.4, 0.5) is 0 Å². The smallest absolute Gasteiger partial charge is 0.0114 e. The lowest BCUT2D eigenvalue weighted by Crippen LogP contribution is -1.97. The number of hydrogen-bond donors (Lipinski definition) is 0. The van der Waals surface area contributed by atoms with Crippen LogP contribution in [0.15, 0.2) is 42.5 Å². The zero-order valence-electron chi connectivity index (χ0n) is 13.6. The molecule has 0 nitrogen and oxygen atoms in total. The van der Waals surface area contributed by atoms with E-state index < -0.39 is 0 Å². The summed E-state index contributed by atoms with van der Waals surface area (Å²) in [5.41, 5.74) is 2.94. The Kier molecular flexibility index (Phi) is 5.61. The third-order valence-corrected chi connectivity index (χ3v) is 5.71. The molecule has 3 rings (SSSR count). The monoisotopic (exact) mass is 310 g/mol. The highest BCUT2D eigenvalue weighted by Crippen LogP contribution is 2.38. The fourth-order valence-electron chi connectivity index (χ4n) is 3.31. The van der Waals surface area contributed by atoms with Gasteiger partial charge in [-0.15, -0.1) is 11.8 Å². The van der Waals surface area contributed by atoms with Crippen molar-refractivity contribution in [2.24, 2.45) is 0 Å². The van der Waals surface area contributed by atoms with Gasteiger partial charge in [-0.1, -0.05) is 81.5 Å². The van der Waals surface area contributed by atoms with Crippen molar-refractivity contribution in [1.82, 2.24) is 0 Å². The van der Waals surface area contributed by atoms with Gasteiger partial charge in [0.15, 0.2) is 0 Å². The van der Waals surface area contributed by atoms with E-state index in [4.69, 9.17) is 0 Å². The Morgan fingerprint density at radius 2 is 1.68 bits per heavy atom. The molecular formula is C21H26S. The highest BCUT2D eigenvalue weighted by atomic mass is 32.2. The van der Waals surface area contributed by atoms with Crippen molar-refractivity contribution in [2.45, 2.75) is 51.9 Å². The minimum absolute atomic E-state index is 1.09. The molecular weight excluding hydrogens is 284 g/mol. The van der Waals surface area contributed by atoms with Crippen LogP contribution in [-0.4, -0.2) is 5.75 Å². The van der Waals surface area contributed by atoms with E-state index in [1.54, 1.807) is 0 Å². The molecule has 0 N–H and O–H groups in total.